The van der Waals surface area contributed by atoms with Gasteiger partial charge in [0, 0.05) is 17.1 Å². The van der Waals surface area contributed by atoms with E-state index in [2.05, 4.69) is 27.6 Å². The topological polar surface area (TPSA) is 59.8 Å². The van der Waals surface area contributed by atoms with Crippen LogP contribution in [-0.2, 0) is 11.2 Å². The summed E-state index contributed by atoms with van der Waals surface area (Å²) < 4.78 is 1.96. The van der Waals surface area contributed by atoms with Gasteiger partial charge in [0.2, 0.25) is 5.91 Å². The number of amides is 1. The number of aromatic nitrogens is 3. The average molecular weight is 449 g/mol. The van der Waals surface area contributed by atoms with E-state index in [0.717, 1.165) is 28.3 Å². The molecular weight excluding hydrogens is 428 g/mol. The number of anilines is 1. The van der Waals surface area contributed by atoms with Gasteiger partial charge in [-0.1, -0.05) is 78.0 Å². The molecule has 0 unspecified atom stereocenters. The highest BCUT2D eigenvalue weighted by Gasteiger charge is 2.17. The molecule has 0 spiro atoms. The number of rotatable bonds is 7. The van der Waals surface area contributed by atoms with Gasteiger partial charge >= 0.3 is 0 Å². The molecule has 4 rings (SSSR count). The third-order valence-electron chi connectivity index (χ3n) is 4.72. The zero-order valence-electron chi connectivity index (χ0n) is 17.0. The molecule has 0 aliphatic carbocycles. The van der Waals surface area contributed by atoms with Crippen molar-refractivity contribution in [2.45, 2.75) is 18.5 Å². The highest BCUT2D eigenvalue weighted by atomic mass is 35.5. The minimum atomic E-state index is -0.0930. The number of hydrogen-bond acceptors (Lipinski definition) is 4. The number of hydrogen-bond donors (Lipinski definition) is 1. The van der Waals surface area contributed by atoms with E-state index in [4.69, 9.17) is 11.6 Å². The predicted octanol–water partition coefficient (Wildman–Crippen LogP) is 5.55. The fourth-order valence-electron chi connectivity index (χ4n) is 3.19. The first kappa shape index (κ1) is 21.2. The van der Waals surface area contributed by atoms with Crippen LogP contribution in [0.5, 0.6) is 0 Å². The summed E-state index contributed by atoms with van der Waals surface area (Å²) in [5, 5.41) is 13.0. The van der Waals surface area contributed by atoms with Crippen molar-refractivity contribution in [3.63, 3.8) is 0 Å². The van der Waals surface area contributed by atoms with Crippen LogP contribution in [0, 0.1) is 6.92 Å². The molecule has 0 saturated carbocycles. The van der Waals surface area contributed by atoms with E-state index in [1.54, 1.807) is 0 Å². The van der Waals surface area contributed by atoms with Gasteiger partial charge in [-0.25, -0.2) is 0 Å². The lowest BCUT2D eigenvalue weighted by molar-refractivity contribution is -0.113. The zero-order chi connectivity index (χ0) is 21.6. The van der Waals surface area contributed by atoms with Crippen LogP contribution in [-0.4, -0.2) is 26.4 Å². The number of thioether (sulfide) groups is 1. The summed E-state index contributed by atoms with van der Waals surface area (Å²) in [7, 11) is 0. The van der Waals surface area contributed by atoms with Gasteiger partial charge in [-0.3, -0.25) is 9.36 Å². The highest BCUT2D eigenvalue weighted by molar-refractivity contribution is 7.99. The molecule has 1 amide bonds. The summed E-state index contributed by atoms with van der Waals surface area (Å²) >= 11 is 7.58. The number of para-hydroxylation sites is 1. The van der Waals surface area contributed by atoms with Crippen molar-refractivity contribution in [2.75, 3.05) is 11.1 Å². The van der Waals surface area contributed by atoms with E-state index >= 15 is 0 Å². The zero-order valence-corrected chi connectivity index (χ0v) is 18.5. The molecule has 7 heteroatoms. The van der Waals surface area contributed by atoms with Crippen LogP contribution in [0.3, 0.4) is 0 Å². The number of nitrogens with zero attached hydrogens (tertiary/aromatic N) is 3. The van der Waals surface area contributed by atoms with E-state index in [9.17, 15) is 4.79 Å². The third-order valence-corrected chi connectivity index (χ3v) is 5.89. The van der Waals surface area contributed by atoms with Crippen LogP contribution in [0.4, 0.5) is 5.69 Å². The molecular formula is C24H21ClN4OS. The van der Waals surface area contributed by atoms with E-state index in [1.807, 2.05) is 78.2 Å². The molecule has 5 nitrogen and oxygen atoms in total. The Labute approximate surface area is 190 Å². The van der Waals surface area contributed by atoms with Crippen LogP contribution < -0.4 is 5.32 Å². The van der Waals surface area contributed by atoms with Crippen molar-refractivity contribution in [3.8, 4) is 5.69 Å². The minimum absolute atomic E-state index is 0.0930. The molecule has 0 radical (unpaired) electrons. The average Bonchev–Trinajstić information content (AvgIpc) is 3.17. The van der Waals surface area contributed by atoms with Crippen LogP contribution >= 0.6 is 23.4 Å². The van der Waals surface area contributed by atoms with Crippen molar-refractivity contribution in [1.29, 1.82) is 0 Å². The van der Waals surface area contributed by atoms with Gasteiger partial charge in [-0.15, -0.1) is 10.2 Å². The second kappa shape index (κ2) is 9.81. The fraction of sp³-hybridized carbons (Fsp3) is 0.125. The molecule has 1 heterocycles. The summed E-state index contributed by atoms with van der Waals surface area (Å²) in [6, 6.07) is 25.4. The van der Waals surface area contributed by atoms with Crippen molar-refractivity contribution in [3.05, 3.63) is 101 Å². The second-order valence-corrected chi connectivity index (χ2v) is 8.41. The monoisotopic (exact) mass is 448 g/mol. The van der Waals surface area contributed by atoms with Crippen LogP contribution in [0.25, 0.3) is 5.69 Å². The normalized spacial score (nSPS) is 10.8. The molecule has 3 aromatic carbocycles. The maximum absolute atomic E-state index is 12.5. The Morgan fingerprint density at radius 1 is 1.00 bits per heavy atom. The molecule has 1 N–H and O–H groups in total. The van der Waals surface area contributed by atoms with Crippen LogP contribution in [0.15, 0.2) is 84.0 Å². The minimum Gasteiger partial charge on any atom is -0.325 e. The summed E-state index contributed by atoms with van der Waals surface area (Å²) in [6.07, 6.45) is 0.621. The Kier molecular flexibility index (Phi) is 6.70. The third kappa shape index (κ3) is 5.34. The Balaban J connectivity index is 1.57. The predicted molar refractivity (Wildman–Crippen MR) is 126 cm³/mol. The Morgan fingerprint density at radius 3 is 2.55 bits per heavy atom. The van der Waals surface area contributed by atoms with Gasteiger partial charge in [-0.05, 0) is 42.3 Å². The lowest BCUT2D eigenvalue weighted by Crippen LogP contribution is -2.15. The lowest BCUT2D eigenvalue weighted by atomic mass is 10.1. The highest BCUT2D eigenvalue weighted by Crippen LogP contribution is 2.25. The van der Waals surface area contributed by atoms with Gasteiger partial charge in [0.15, 0.2) is 5.16 Å². The maximum Gasteiger partial charge on any atom is 0.234 e. The molecule has 31 heavy (non-hydrogen) atoms. The van der Waals surface area contributed by atoms with E-state index in [-0.39, 0.29) is 11.7 Å². The quantitative estimate of drug-likeness (QED) is 0.376. The lowest BCUT2D eigenvalue weighted by Gasteiger charge is -2.11. The Hall–Kier alpha value is -3.09. The first-order valence-corrected chi connectivity index (χ1v) is 11.2. The van der Waals surface area contributed by atoms with Crippen LogP contribution in [0.1, 0.15) is 17.0 Å². The second-order valence-electron chi connectivity index (χ2n) is 7.03. The van der Waals surface area contributed by atoms with Gasteiger partial charge in [0.25, 0.3) is 0 Å². The molecule has 0 atom stereocenters. The van der Waals surface area contributed by atoms with E-state index in [1.165, 1.54) is 11.8 Å². The fourth-order valence-corrected chi connectivity index (χ4v) is 4.15. The molecule has 1 aromatic heterocycles. The van der Waals surface area contributed by atoms with Crippen molar-refractivity contribution in [2.24, 2.45) is 0 Å². The molecule has 0 aliphatic rings. The number of nitrogens with one attached hydrogen (secondary N) is 1. The van der Waals surface area contributed by atoms with Crippen molar-refractivity contribution >= 4 is 35.0 Å². The summed E-state index contributed by atoms with van der Waals surface area (Å²) in [5.74, 6) is 0.915. The molecule has 4 aromatic rings. The first-order chi connectivity index (χ1) is 15.1. The number of carbonyl (C=O) groups is 1. The Morgan fingerprint density at radius 2 is 1.77 bits per heavy atom. The van der Waals surface area contributed by atoms with Gasteiger partial charge in [-0.2, -0.15) is 0 Å². The van der Waals surface area contributed by atoms with Crippen LogP contribution in [0.2, 0.25) is 5.02 Å². The smallest absolute Gasteiger partial charge is 0.234 e. The summed E-state index contributed by atoms with van der Waals surface area (Å²) in [4.78, 5) is 12.5. The standard InChI is InChI=1S/C24H21ClN4OS/c1-17-8-5-6-13-21(17)26-23(30)16-31-24-28-27-22(14-18-9-3-2-4-10-18)29(24)20-12-7-11-19(25)15-20/h2-13,15H,14,16H2,1H3,(H,26,30). The molecule has 0 fully saturated rings. The molecule has 0 bridgehead atoms. The van der Waals surface area contributed by atoms with E-state index in [0.29, 0.717) is 16.6 Å². The first-order valence-electron chi connectivity index (χ1n) is 9.82. The SMILES string of the molecule is Cc1ccccc1NC(=O)CSc1nnc(Cc2ccccc2)n1-c1cccc(Cl)c1. The summed E-state index contributed by atoms with van der Waals surface area (Å²) in [5.41, 5.74) is 3.83. The molecule has 0 aliphatic heterocycles. The van der Waals surface area contributed by atoms with Gasteiger partial charge in [0.05, 0.1) is 11.4 Å². The largest absolute Gasteiger partial charge is 0.325 e. The number of aryl methyl sites for hydroxylation is 1. The molecule has 156 valence electrons. The Bertz CT molecular complexity index is 1190. The number of halogens is 1. The molecule has 0 saturated heterocycles. The summed E-state index contributed by atoms with van der Waals surface area (Å²) in [6.45, 7) is 1.97. The van der Waals surface area contributed by atoms with Gasteiger partial charge < -0.3 is 5.32 Å². The maximum atomic E-state index is 12.5. The van der Waals surface area contributed by atoms with Crippen molar-refractivity contribution < 1.29 is 4.79 Å². The number of benzene rings is 3. The van der Waals surface area contributed by atoms with E-state index < -0.39 is 0 Å². The number of carbonyl (C=O) groups excluding carboxylic acids is 1. The van der Waals surface area contributed by atoms with Crippen molar-refractivity contribution in [1.82, 2.24) is 14.8 Å². The van der Waals surface area contributed by atoms with Gasteiger partial charge in [0.1, 0.15) is 5.82 Å².